The van der Waals surface area contributed by atoms with E-state index in [1.807, 2.05) is 0 Å². The van der Waals surface area contributed by atoms with Crippen molar-refractivity contribution in [2.75, 3.05) is 12.3 Å². The first-order valence-corrected chi connectivity index (χ1v) is 7.77. The number of halogens is 1. The van der Waals surface area contributed by atoms with Crippen LogP contribution in [0.2, 0.25) is 0 Å². The lowest BCUT2D eigenvalue weighted by atomic mass is 9.89. The standard InChI is InChI=1S/C13H18ClN5O5/c1-2-3-12(23)8(21)6(4-20)24-13(12,14)19-5-16-7-9(19)17-11(15)18-10(7)22/h5-6,8,20-21,23H,2-4H2,1H3,(H3,15,17,18,22)/t6-,8-,12-,13+/m1/s1. The molecule has 3 rings (SSSR count). The number of fused-ring (bicyclic) bond motifs is 1. The van der Waals surface area contributed by atoms with Crippen molar-refractivity contribution in [1.82, 2.24) is 19.5 Å². The normalized spacial score (nSPS) is 33.4. The number of nitrogens with zero attached hydrogens (tertiary/aromatic N) is 3. The van der Waals surface area contributed by atoms with E-state index in [2.05, 4.69) is 15.0 Å². The summed E-state index contributed by atoms with van der Waals surface area (Å²) in [6.45, 7) is 1.24. The number of nitrogens with two attached hydrogens (primary N) is 1. The molecule has 0 bridgehead atoms. The largest absolute Gasteiger partial charge is 0.394 e. The Morgan fingerprint density at radius 2 is 2.29 bits per heavy atom. The van der Waals surface area contributed by atoms with Crippen LogP contribution in [-0.2, 0) is 9.92 Å². The van der Waals surface area contributed by atoms with E-state index in [1.165, 1.54) is 6.33 Å². The third kappa shape index (κ3) is 2.15. The van der Waals surface area contributed by atoms with Gasteiger partial charge in [0.05, 0.1) is 6.61 Å². The highest BCUT2D eigenvalue weighted by molar-refractivity contribution is 6.22. The number of nitrogens with one attached hydrogen (secondary N) is 1. The lowest BCUT2D eigenvalue weighted by Gasteiger charge is -2.37. The number of hydrogen-bond acceptors (Lipinski definition) is 8. The number of aromatic nitrogens is 4. The predicted octanol–water partition coefficient (Wildman–Crippen LogP) is -1.17. The summed E-state index contributed by atoms with van der Waals surface area (Å²) in [6, 6.07) is 0. The maximum atomic E-state index is 11.9. The number of rotatable bonds is 4. The maximum absolute atomic E-state index is 11.9. The monoisotopic (exact) mass is 359 g/mol. The van der Waals surface area contributed by atoms with Crippen molar-refractivity contribution in [2.45, 2.75) is 42.8 Å². The minimum atomic E-state index is -2.02. The van der Waals surface area contributed by atoms with Crippen LogP contribution in [0.25, 0.3) is 11.2 Å². The van der Waals surface area contributed by atoms with Crippen molar-refractivity contribution in [3.63, 3.8) is 0 Å². The zero-order valence-corrected chi connectivity index (χ0v) is 13.6. The van der Waals surface area contributed by atoms with Crippen molar-refractivity contribution in [2.24, 2.45) is 0 Å². The van der Waals surface area contributed by atoms with E-state index in [9.17, 15) is 20.1 Å². The molecule has 1 aliphatic heterocycles. The van der Waals surface area contributed by atoms with Gasteiger partial charge < -0.3 is 25.8 Å². The van der Waals surface area contributed by atoms with Crippen molar-refractivity contribution >= 4 is 28.7 Å². The molecule has 4 atom stereocenters. The van der Waals surface area contributed by atoms with E-state index >= 15 is 0 Å². The van der Waals surface area contributed by atoms with Gasteiger partial charge in [-0.3, -0.25) is 14.3 Å². The fourth-order valence-corrected chi connectivity index (χ4v) is 3.52. The molecule has 2 aromatic heterocycles. The van der Waals surface area contributed by atoms with E-state index in [1.54, 1.807) is 6.92 Å². The number of hydrogen-bond donors (Lipinski definition) is 5. The number of ether oxygens (including phenoxy) is 1. The summed E-state index contributed by atoms with van der Waals surface area (Å²) in [7, 11) is 0. The molecule has 0 spiro atoms. The molecule has 0 unspecified atom stereocenters. The Morgan fingerprint density at radius 1 is 1.58 bits per heavy atom. The van der Waals surface area contributed by atoms with Gasteiger partial charge in [0.15, 0.2) is 16.8 Å². The maximum Gasteiger partial charge on any atom is 0.280 e. The lowest BCUT2D eigenvalue weighted by Crippen LogP contribution is -2.54. The first-order chi connectivity index (χ1) is 11.3. The van der Waals surface area contributed by atoms with E-state index in [4.69, 9.17) is 22.1 Å². The quantitative estimate of drug-likeness (QED) is 0.427. The van der Waals surface area contributed by atoms with Crippen LogP contribution in [0.4, 0.5) is 5.95 Å². The van der Waals surface area contributed by atoms with Gasteiger partial charge in [-0.15, -0.1) is 0 Å². The Balaban J connectivity index is 2.24. The summed E-state index contributed by atoms with van der Waals surface area (Å²) in [6.07, 6.45) is -0.835. The van der Waals surface area contributed by atoms with Crippen molar-refractivity contribution in [1.29, 1.82) is 0 Å². The molecule has 0 aromatic carbocycles. The second kappa shape index (κ2) is 5.67. The molecule has 10 nitrogen and oxygen atoms in total. The van der Waals surface area contributed by atoms with Crippen LogP contribution in [-0.4, -0.2) is 59.3 Å². The van der Waals surface area contributed by atoms with Gasteiger partial charge in [-0.2, -0.15) is 4.98 Å². The number of anilines is 1. The predicted molar refractivity (Wildman–Crippen MR) is 84.2 cm³/mol. The molecule has 0 aliphatic carbocycles. The van der Waals surface area contributed by atoms with Crippen LogP contribution < -0.4 is 11.3 Å². The van der Waals surface area contributed by atoms with Crippen LogP contribution in [0, 0.1) is 0 Å². The first-order valence-electron chi connectivity index (χ1n) is 7.39. The van der Waals surface area contributed by atoms with Crippen LogP contribution >= 0.6 is 11.6 Å². The molecule has 24 heavy (non-hydrogen) atoms. The van der Waals surface area contributed by atoms with Gasteiger partial charge in [0, 0.05) is 0 Å². The molecule has 0 saturated carbocycles. The van der Waals surface area contributed by atoms with Crippen molar-refractivity contribution in [3.8, 4) is 0 Å². The molecule has 0 radical (unpaired) electrons. The summed E-state index contributed by atoms with van der Waals surface area (Å²) < 4.78 is 6.70. The molecule has 1 saturated heterocycles. The lowest BCUT2D eigenvalue weighted by molar-refractivity contribution is -0.142. The highest BCUT2D eigenvalue weighted by atomic mass is 35.5. The number of nitrogen functional groups attached to an aromatic ring is 1. The topological polar surface area (TPSA) is 160 Å². The zero-order chi connectivity index (χ0) is 17.7. The minimum Gasteiger partial charge on any atom is -0.394 e. The van der Waals surface area contributed by atoms with Crippen LogP contribution in [0.1, 0.15) is 19.8 Å². The highest BCUT2D eigenvalue weighted by Gasteiger charge is 2.65. The Hall–Kier alpha value is -1.72. The van der Waals surface area contributed by atoms with Crippen LogP contribution in [0.15, 0.2) is 11.1 Å². The van der Waals surface area contributed by atoms with Crippen molar-refractivity contribution < 1.29 is 20.1 Å². The first kappa shape index (κ1) is 17.1. The summed E-state index contributed by atoms with van der Waals surface area (Å²) in [5, 5.41) is 28.8. The molecule has 0 amide bonds. The minimum absolute atomic E-state index is 0.00781. The van der Waals surface area contributed by atoms with Gasteiger partial charge in [-0.1, -0.05) is 24.9 Å². The Morgan fingerprint density at radius 3 is 2.92 bits per heavy atom. The van der Waals surface area contributed by atoms with Crippen molar-refractivity contribution in [3.05, 3.63) is 16.7 Å². The molecule has 132 valence electrons. The summed E-state index contributed by atoms with van der Waals surface area (Å²) in [5.41, 5.74) is 2.99. The second-order valence-electron chi connectivity index (χ2n) is 5.76. The van der Waals surface area contributed by atoms with E-state index < -0.39 is 35.2 Å². The molecule has 11 heteroatoms. The van der Waals surface area contributed by atoms with Crippen LogP contribution in [0.5, 0.6) is 0 Å². The fourth-order valence-electron chi connectivity index (χ4n) is 3.08. The average molecular weight is 360 g/mol. The third-order valence-electron chi connectivity index (χ3n) is 4.23. The molecule has 1 aliphatic rings. The number of H-pyrrole nitrogens is 1. The van der Waals surface area contributed by atoms with E-state index in [0.717, 1.165) is 4.57 Å². The van der Waals surface area contributed by atoms with E-state index in [0.29, 0.717) is 6.42 Å². The number of aliphatic hydroxyl groups is 3. The molecular weight excluding hydrogens is 342 g/mol. The summed E-state index contributed by atoms with van der Waals surface area (Å²) in [5.74, 6) is -0.161. The Kier molecular flexibility index (Phi) is 4.04. The van der Waals surface area contributed by atoms with Gasteiger partial charge in [-0.25, -0.2) is 4.98 Å². The fraction of sp³-hybridized carbons (Fsp3) is 0.615. The van der Waals surface area contributed by atoms with Gasteiger partial charge in [0.1, 0.15) is 18.5 Å². The zero-order valence-electron chi connectivity index (χ0n) is 12.8. The molecular formula is C13H18ClN5O5. The third-order valence-corrected chi connectivity index (χ3v) is 4.83. The average Bonchev–Trinajstić information content (AvgIpc) is 3.02. The smallest absolute Gasteiger partial charge is 0.280 e. The van der Waals surface area contributed by atoms with Gasteiger partial charge >= 0.3 is 0 Å². The number of aromatic amines is 1. The summed E-state index contributed by atoms with van der Waals surface area (Å²) in [4.78, 5) is 22.1. The van der Waals surface area contributed by atoms with Gasteiger partial charge in [0.2, 0.25) is 5.95 Å². The molecule has 3 heterocycles. The van der Waals surface area contributed by atoms with Gasteiger partial charge in [-0.05, 0) is 6.42 Å². The molecule has 1 fully saturated rings. The number of aliphatic hydroxyl groups excluding tert-OH is 2. The molecule has 6 N–H and O–H groups in total. The Labute approximate surface area is 140 Å². The number of imidazole rings is 1. The summed E-state index contributed by atoms with van der Waals surface area (Å²) >= 11 is 6.56. The van der Waals surface area contributed by atoms with Gasteiger partial charge in [0.25, 0.3) is 10.7 Å². The number of alkyl halides is 1. The molecule has 2 aromatic rings. The van der Waals surface area contributed by atoms with E-state index in [-0.39, 0.29) is 23.5 Å². The van der Waals surface area contributed by atoms with Crippen LogP contribution in [0.3, 0.4) is 0 Å². The second-order valence-corrected chi connectivity index (χ2v) is 6.27. The Bertz CT molecular complexity index is 825. The SMILES string of the molecule is CCC[C@@]1(O)[C@H](O)[C@@H](CO)O[C@@]1(Cl)n1cnc2c(=O)[nH]c(N)nc21. The highest BCUT2D eigenvalue weighted by Crippen LogP contribution is 2.49.